The molecular formula is C18H22ClFN4O3. The van der Waals surface area contributed by atoms with Crippen LogP contribution in [0.4, 0.5) is 10.1 Å². The number of carboxylic acid groups (broad SMARTS) is 1. The zero-order chi connectivity index (χ0) is 18.7. The molecule has 2 aromatic rings. The number of likely N-dealkylation sites (N-methyl/N-ethyl adjacent to an activating group) is 1. The van der Waals surface area contributed by atoms with Gasteiger partial charge in [-0.3, -0.25) is 14.5 Å². The fourth-order valence-electron chi connectivity index (χ4n) is 3.98. The molecular weight excluding hydrogens is 375 g/mol. The van der Waals surface area contributed by atoms with Crippen LogP contribution in [0.1, 0.15) is 22.8 Å². The standard InChI is InChI=1S/C18H21FN4O3.ClH/c1-9-6-22(8-13(9)20)14-4-3-10-16-11(14)5-15(19)21(2)23(16)7-12(17(10)24)18(25)26;/h3-4,7,9,13,15H,5-6,8,20H2,1-2H3,(H,25,26);1H/t9-,13+,15-;/m1./s1. The van der Waals surface area contributed by atoms with Crippen molar-refractivity contribution in [1.82, 2.24) is 4.68 Å². The van der Waals surface area contributed by atoms with Gasteiger partial charge in [0.2, 0.25) is 5.43 Å². The summed E-state index contributed by atoms with van der Waals surface area (Å²) in [6.07, 6.45) is 0.0316. The van der Waals surface area contributed by atoms with E-state index in [0.29, 0.717) is 23.4 Å². The van der Waals surface area contributed by atoms with Crippen molar-refractivity contribution in [1.29, 1.82) is 0 Å². The number of hydrogen-bond acceptors (Lipinski definition) is 5. The number of nitrogens with two attached hydrogens (primary N) is 1. The van der Waals surface area contributed by atoms with Gasteiger partial charge in [-0.2, -0.15) is 0 Å². The average Bonchev–Trinajstić information content (AvgIpc) is 2.92. The van der Waals surface area contributed by atoms with Crippen molar-refractivity contribution in [2.45, 2.75) is 25.7 Å². The first-order valence-electron chi connectivity index (χ1n) is 8.62. The number of aromatic nitrogens is 1. The van der Waals surface area contributed by atoms with Crippen LogP contribution in [0.25, 0.3) is 10.9 Å². The lowest BCUT2D eigenvalue weighted by Gasteiger charge is -2.35. The van der Waals surface area contributed by atoms with Gasteiger partial charge >= 0.3 is 5.97 Å². The molecule has 3 N–H and O–H groups in total. The van der Waals surface area contributed by atoms with Crippen molar-refractivity contribution in [3.8, 4) is 0 Å². The SMILES string of the molecule is C[C@@H]1CN(c2ccc3c(=O)c(C(=O)O)cn4c3c2C[C@H](F)N4C)C[C@@H]1N.Cl. The number of benzene rings is 1. The van der Waals surface area contributed by atoms with Gasteiger partial charge in [-0.1, -0.05) is 6.92 Å². The van der Waals surface area contributed by atoms with Gasteiger partial charge < -0.3 is 15.7 Å². The lowest BCUT2D eigenvalue weighted by atomic mass is 9.99. The zero-order valence-corrected chi connectivity index (χ0v) is 15.9. The van der Waals surface area contributed by atoms with Crippen LogP contribution >= 0.6 is 12.4 Å². The Morgan fingerprint density at radius 2 is 2.04 bits per heavy atom. The Bertz CT molecular complexity index is 969. The number of rotatable bonds is 2. The largest absolute Gasteiger partial charge is 0.477 e. The van der Waals surface area contributed by atoms with Gasteiger partial charge in [0, 0.05) is 55.4 Å². The van der Waals surface area contributed by atoms with Gasteiger partial charge in [0.05, 0.1) is 5.52 Å². The number of hydrogen-bond donors (Lipinski definition) is 2. The molecule has 7 nitrogen and oxygen atoms in total. The Balaban J connectivity index is 0.00000210. The van der Waals surface area contributed by atoms with Crippen LogP contribution in [0, 0.1) is 5.92 Å². The summed E-state index contributed by atoms with van der Waals surface area (Å²) in [6, 6.07) is 3.47. The molecule has 1 aromatic carbocycles. The maximum absolute atomic E-state index is 14.7. The van der Waals surface area contributed by atoms with Crippen molar-refractivity contribution < 1.29 is 14.3 Å². The lowest BCUT2D eigenvalue weighted by Crippen LogP contribution is -2.44. The van der Waals surface area contributed by atoms with E-state index >= 15 is 0 Å². The second-order valence-electron chi connectivity index (χ2n) is 7.24. The molecule has 2 aliphatic rings. The van der Waals surface area contributed by atoms with Gasteiger partial charge in [-0.25, -0.2) is 9.18 Å². The molecule has 0 radical (unpaired) electrons. The first-order valence-corrected chi connectivity index (χ1v) is 8.62. The van der Waals surface area contributed by atoms with E-state index in [1.165, 1.54) is 15.9 Å². The van der Waals surface area contributed by atoms with E-state index in [1.54, 1.807) is 19.2 Å². The molecule has 9 heteroatoms. The van der Waals surface area contributed by atoms with Gasteiger partial charge in [0.1, 0.15) is 5.56 Å². The number of nitrogens with zero attached hydrogens (tertiary/aromatic N) is 3. The molecule has 2 aliphatic heterocycles. The van der Waals surface area contributed by atoms with E-state index < -0.39 is 17.7 Å². The average molecular weight is 397 g/mol. The Morgan fingerprint density at radius 1 is 1.33 bits per heavy atom. The summed E-state index contributed by atoms with van der Waals surface area (Å²) >= 11 is 0. The molecule has 4 rings (SSSR count). The van der Waals surface area contributed by atoms with Gasteiger partial charge in [0.15, 0.2) is 6.30 Å². The monoisotopic (exact) mass is 396 g/mol. The molecule has 0 aliphatic carbocycles. The summed E-state index contributed by atoms with van der Waals surface area (Å²) in [5.74, 6) is -0.998. The molecule has 1 saturated heterocycles. The predicted molar refractivity (Wildman–Crippen MR) is 105 cm³/mol. The third-order valence-corrected chi connectivity index (χ3v) is 5.59. The summed E-state index contributed by atoms with van der Waals surface area (Å²) < 4.78 is 16.1. The molecule has 27 heavy (non-hydrogen) atoms. The highest BCUT2D eigenvalue weighted by molar-refractivity contribution is 5.95. The van der Waals surface area contributed by atoms with Crippen molar-refractivity contribution >= 4 is 35.0 Å². The van der Waals surface area contributed by atoms with E-state index in [-0.39, 0.29) is 30.4 Å². The van der Waals surface area contributed by atoms with Crippen LogP contribution in [0.2, 0.25) is 0 Å². The normalized spacial score (nSPS) is 24.2. The quantitative estimate of drug-likeness (QED) is 0.744. The van der Waals surface area contributed by atoms with E-state index in [4.69, 9.17) is 5.73 Å². The molecule has 0 amide bonds. The van der Waals surface area contributed by atoms with Crippen LogP contribution < -0.4 is 21.1 Å². The fraction of sp³-hybridized carbons (Fsp3) is 0.444. The second-order valence-corrected chi connectivity index (χ2v) is 7.24. The number of alkyl halides is 1. The number of carboxylic acids is 1. The maximum Gasteiger partial charge on any atom is 0.341 e. The highest BCUT2D eigenvalue weighted by Gasteiger charge is 2.33. The van der Waals surface area contributed by atoms with Crippen LogP contribution in [0.5, 0.6) is 0 Å². The fourth-order valence-corrected chi connectivity index (χ4v) is 3.98. The topological polar surface area (TPSA) is 91.8 Å². The summed E-state index contributed by atoms with van der Waals surface area (Å²) in [4.78, 5) is 26.2. The number of carbonyl (C=O) groups is 1. The molecule has 3 atom stereocenters. The lowest BCUT2D eigenvalue weighted by molar-refractivity contribution is 0.0694. The second kappa shape index (κ2) is 6.69. The molecule has 146 valence electrons. The third kappa shape index (κ3) is 2.83. The number of aromatic carboxylic acids is 1. The highest BCUT2D eigenvalue weighted by atomic mass is 35.5. The maximum atomic E-state index is 14.7. The molecule has 0 saturated carbocycles. The third-order valence-electron chi connectivity index (χ3n) is 5.59. The van der Waals surface area contributed by atoms with Gasteiger partial charge in [-0.05, 0) is 18.1 Å². The molecule has 0 unspecified atom stereocenters. The van der Waals surface area contributed by atoms with Crippen LogP contribution in [-0.2, 0) is 6.42 Å². The summed E-state index contributed by atoms with van der Waals surface area (Å²) in [5.41, 5.74) is 7.38. The Kier molecular flexibility index (Phi) is 4.81. The minimum atomic E-state index is -1.32. The smallest absolute Gasteiger partial charge is 0.341 e. The summed E-state index contributed by atoms with van der Waals surface area (Å²) in [5, 5.41) is 10.9. The minimum absolute atomic E-state index is 0. The Hall–Kier alpha value is -2.32. The van der Waals surface area contributed by atoms with Gasteiger partial charge in [-0.15, -0.1) is 12.4 Å². The van der Waals surface area contributed by atoms with E-state index in [2.05, 4.69) is 11.8 Å². The van der Waals surface area contributed by atoms with Crippen LogP contribution in [0.15, 0.2) is 23.1 Å². The van der Waals surface area contributed by atoms with Crippen molar-refractivity contribution in [2.24, 2.45) is 11.7 Å². The Morgan fingerprint density at radius 3 is 2.63 bits per heavy atom. The minimum Gasteiger partial charge on any atom is -0.477 e. The number of halogens is 2. The van der Waals surface area contributed by atoms with Crippen LogP contribution in [-0.4, -0.2) is 48.2 Å². The highest BCUT2D eigenvalue weighted by Crippen LogP contribution is 2.35. The van der Waals surface area contributed by atoms with E-state index in [1.807, 2.05) is 0 Å². The number of pyridine rings is 1. The predicted octanol–water partition coefficient (Wildman–Crippen LogP) is 1.32. The van der Waals surface area contributed by atoms with Crippen LogP contribution in [0.3, 0.4) is 0 Å². The van der Waals surface area contributed by atoms with Crippen molar-refractivity contribution in [3.05, 3.63) is 39.7 Å². The van der Waals surface area contributed by atoms with Crippen molar-refractivity contribution in [3.63, 3.8) is 0 Å². The summed E-state index contributed by atoms with van der Waals surface area (Å²) in [6.45, 7) is 3.52. The first-order chi connectivity index (χ1) is 12.3. The summed E-state index contributed by atoms with van der Waals surface area (Å²) in [7, 11) is 1.55. The Labute approximate surface area is 161 Å². The van der Waals surface area contributed by atoms with E-state index in [0.717, 1.165) is 17.8 Å². The van der Waals surface area contributed by atoms with Gasteiger partial charge in [0.25, 0.3) is 0 Å². The molecule has 0 bridgehead atoms. The molecule has 1 aromatic heterocycles. The number of anilines is 1. The van der Waals surface area contributed by atoms with E-state index in [9.17, 15) is 19.1 Å². The molecule has 1 fully saturated rings. The molecule has 0 spiro atoms. The molecule has 3 heterocycles. The zero-order valence-electron chi connectivity index (χ0n) is 15.1. The first kappa shape index (κ1) is 19.4. The van der Waals surface area contributed by atoms with Crippen molar-refractivity contribution in [2.75, 3.05) is 30.0 Å².